The fraction of sp³-hybridized carbons (Fsp3) is 0.529. The third-order valence-corrected chi connectivity index (χ3v) is 3.97. The molecule has 0 saturated carbocycles. The second-order valence-electron chi connectivity index (χ2n) is 6.00. The summed E-state index contributed by atoms with van der Waals surface area (Å²) in [5.74, 6) is 0.790. The van der Waals surface area contributed by atoms with E-state index in [2.05, 4.69) is 0 Å². The lowest BCUT2D eigenvalue weighted by Gasteiger charge is -2.39. The standard InChI is InChI=1S/C17H24N2O4/c1-12-5-6-13(7-15(12)22-4)8-16(20)19-9-14(10-19)23-11-17(21)18(2)3/h5-7,14H,8-11H2,1-4H3. The molecule has 0 bridgehead atoms. The van der Waals surface area contributed by atoms with Gasteiger partial charge in [-0.2, -0.15) is 0 Å². The van der Waals surface area contributed by atoms with Crippen LogP contribution in [0.25, 0.3) is 0 Å². The molecule has 0 aromatic heterocycles. The number of amides is 2. The molecule has 2 amide bonds. The molecule has 1 aromatic carbocycles. The van der Waals surface area contributed by atoms with E-state index in [1.807, 2.05) is 25.1 Å². The second-order valence-corrected chi connectivity index (χ2v) is 6.00. The Morgan fingerprint density at radius 2 is 2.00 bits per heavy atom. The summed E-state index contributed by atoms with van der Waals surface area (Å²) in [7, 11) is 5.01. The molecule has 6 nitrogen and oxygen atoms in total. The topological polar surface area (TPSA) is 59.1 Å². The Kier molecular flexibility index (Phi) is 5.60. The summed E-state index contributed by atoms with van der Waals surface area (Å²) in [6.07, 6.45) is 0.301. The zero-order chi connectivity index (χ0) is 17.0. The lowest BCUT2D eigenvalue weighted by Crippen LogP contribution is -2.55. The van der Waals surface area contributed by atoms with Crippen LogP contribution in [-0.2, 0) is 20.7 Å². The lowest BCUT2D eigenvalue weighted by atomic mass is 10.1. The molecule has 0 spiro atoms. The Morgan fingerprint density at radius 3 is 2.61 bits per heavy atom. The summed E-state index contributed by atoms with van der Waals surface area (Å²) in [5.41, 5.74) is 1.98. The third kappa shape index (κ3) is 4.45. The number of aryl methyl sites for hydroxylation is 1. The molecule has 0 N–H and O–H groups in total. The Balaban J connectivity index is 1.77. The number of methoxy groups -OCH3 is 1. The first-order chi connectivity index (χ1) is 10.9. The Hall–Kier alpha value is -2.08. The van der Waals surface area contributed by atoms with Gasteiger partial charge in [0.2, 0.25) is 11.8 Å². The average Bonchev–Trinajstić information content (AvgIpc) is 2.47. The molecule has 1 aliphatic heterocycles. The number of hydrogen-bond donors (Lipinski definition) is 0. The van der Waals surface area contributed by atoms with E-state index in [4.69, 9.17) is 9.47 Å². The van der Waals surface area contributed by atoms with Gasteiger partial charge in [0.1, 0.15) is 12.4 Å². The van der Waals surface area contributed by atoms with Crippen LogP contribution in [0.1, 0.15) is 11.1 Å². The van der Waals surface area contributed by atoms with E-state index in [1.54, 1.807) is 26.1 Å². The van der Waals surface area contributed by atoms with Crippen LogP contribution in [0.2, 0.25) is 0 Å². The van der Waals surface area contributed by atoms with Gasteiger partial charge in [0.15, 0.2) is 0 Å². The van der Waals surface area contributed by atoms with Crippen molar-refractivity contribution in [1.29, 1.82) is 0 Å². The molecule has 126 valence electrons. The first-order valence-corrected chi connectivity index (χ1v) is 7.63. The smallest absolute Gasteiger partial charge is 0.248 e. The van der Waals surface area contributed by atoms with Crippen molar-refractivity contribution in [1.82, 2.24) is 9.80 Å². The van der Waals surface area contributed by atoms with Crippen molar-refractivity contribution in [3.05, 3.63) is 29.3 Å². The minimum Gasteiger partial charge on any atom is -0.496 e. The van der Waals surface area contributed by atoms with Gasteiger partial charge in [-0.15, -0.1) is 0 Å². The highest BCUT2D eigenvalue weighted by molar-refractivity contribution is 5.80. The van der Waals surface area contributed by atoms with Gasteiger partial charge in [0.25, 0.3) is 0 Å². The second kappa shape index (κ2) is 7.46. The van der Waals surface area contributed by atoms with Gasteiger partial charge >= 0.3 is 0 Å². The number of benzene rings is 1. The molecule has 0 aliphatic carbocycles. The van der Waals surface area contributed by atoms with Crippen LogP contribution < -0.4 is 4.74 Å². The minimum atomic E-state index is -0.0680. The van der Waals surface area contributed by atoms with Crippen molar-refractivity contribution in [3.63, 3.8) is 0 Å². The van der Waals surface area contributed by atoms with E-state index >= 15 is 0 Å². The summed E-state index contributed by atoms with van der Waals surface area (Å²) >= 11 is 0. The molecule has 1 aromatic rings. The number of carbonyl (C=O) groups is 2. The van der Waals surface area contributed by atoms with Crippen molar-refractivity contribution in [2.24, 2.45) is 0 Å². The van der Waals surface area contributed by atoms with E-state index in [0.717, 1.165) is 16.9 Å². The van der Waals surface area contributed by atoms with Crippen LogP contribution in [0, 0.1) is 6.92 Å². The van der Waals surface area contributed by atoms with Gasteiger partial charge in [0, 0.05) is 27.2 Å². The minimum absolute atomic E-state index is 0.0459. The van der Waals surface area contributed by atoms with Crippen molar-refractivity contribution in [3.8, 4) is 5.75 Å². The van der Waals surface area contributed by atoms with Crippen molar-refractivity contribution in [2.45, 2.75) is 19.4 Å². The normalized spacial score (nSPS) is 14.3. The Labute approximate surface area is 137 Å². The van der Waals surface area contributed by atoms with E-state index in [0.29, 0.717) is 19.5 Å². The van der Waals surface area contributed by atoms with Gasteiger partial charge in [-0.05, 0) is 24.1 Å². The molecular formula is C17H24N2O4. The predicted molar refractivity (Wildman–Crippen MR) is 86.4 cm³/mol. The van der Waals surface area contributed by atoms with Crippen molar-refractivity contribution < 1.29 is 19.1 Å². The lowest BCUT2D eigenvalue weighted by molar-refractivity contribution is -0.149. The van der Waals surface area contributed by atoms with Crippen LogP contribution in [0.5, 0.6) is 5.75 Å². The predicted octanol–water partition coefficient (Wildman–Crippen LogP) is 0.862. The summed E-state index contributed by atoms with van der Waals surface area (Å²) < 4.78 is 10.8. The number of nitrogens with zero attached hydrogens (tertiary/aromatic N) is 2. The molecular weight excluding hydrogens is 296 g/mol. The Bertz CT molecular complexity index is 580. The van der Waals surface area contributed by atoms with E-state index in [9.17, 15) is 9.59 Å². The molecule has 1 saturated heterocycles. The van der Waals surface area contributed by atoms with E-state index in [-0.39, 0.29) is 24.5 Å². The molecule has 1 fully saturated rings. The number of likely N-dealkylation sites (tertiary alicyclic amines) is 1. The highest BCUT2D eigenvalue weighted by atomic mass is 16.5. The molecule has 1 aliphatic rings. The number of hydrogen-bond acceptors (Lipinski definition) is 4. The summed E-state index contributed by atoms with van der Waals surface area (Å²) in [4.78, 5) is 26.9. The largest absolute Gasteiger partial charge is 0.496 e. The fourth-order valence-corrected chi connectivity index (χ4v) is 2.33. The van der Waals surface area contributed by atoms with E-state index in [1.165, 1.54) is 4.90 Å². The number of ether oxygens (including phenoxy) is 2. The Morgan fingerprint density at radius 1 is 1.30 bits per heavy atom. The van der Waals surface area contributed by atoms with Crippen molar-refractivity contribution >= 4 is 11.8 Å². The molecule has 0 atom stereocenters. The third-order valence-electron chi connectivity index (χ3n) is 3.97. The monoisotopic (exact) mass is 320 g/mol. The summed E-state index contributed by atoms with van der Waals surface area (Å²) in [5, 5.41) is 0. The maximum absolute atomic E-state index is 12.2. The summed E-state index contributed by atoms with van der Waals surface area (Å²) in [6, 6.07) is 5.80. The van der Waals surface area contributed by atoms with Gasteiger partial charge in [0.05, 0.1) is 19.6 Å². The van der Waals surface area contributed by atoms with Crippen LogP contribution in [0.4, 0.5) is 0 Å². The van der Waals surface area contributed by atoms with Crippen LogP contribution >= 0.6 is 0 Å². The number of likely N-dealkylation sites (N-methyl/N-ethyl adjacent to an activating group) is 1. The molecule has 0 radical (unpaired) electrons. The maximum Gasteiger partial charge on any atom is 0.248 e. The number of carbonyl (C=O) groups excluding carboxylic acids is 2. The summed E-state index contributed by atoms with van der Waals surface area (Å²) in [6.45, 7) is 3.12. The van der Waals surface area contributed by atoms with Crippen molar-refractivity contribution in [2.75, 3.05) is 40.9 Å². The van der Waals surface area contributed by atoms with Crippen LogP contribution in [-0.4, -0.2) is 68.6 Å². The first kappa shape index (κ1) is 17.3. The van der Waals surface area contributed by atoms with E-state index < -0.39 is 0 Å². The zero-order valence-corrected chi connectivity index (χ0v) is 14.2. The molecule has 0 unspecified atom stereocenters. The van der Waals surface area contributed by atoms with Gasteiger partial charge in [-0.3, -0.25) is 9.59 Å². The highest BCUT2D eigenvalue weighted by Crippen LogP contribution is 2.20. The molecule has 23 heavy (non-hydrogen) atoms. The van der Waals surface area contributed by atoms with Crippen LogP contribution in [0.15, 0.2) is 18.2 Å². The molecule has 6 heteroatoms. The first-order valence-electron chi connectivity index (χ1n) is 7.63. The SMILES string of the molecule is COc1cc(CC(=O)N2CC(OCC(=O)N(C)C)C2)ccc1C. The van der Waals surface area contributed by atoms with Gasteiger partial charge < -0.3 is 19.3 Å². The fourth-order valence-electron chi connectivity index (χ4n) is 2.33. The van der Waals surface area contributed by atoms with Gasteiger partial charge in [-0.25, -0.2) is 0 Å². The van der Waals surface area contributed by atoms with Crippen LogP contribution in [0.3, 0.4) is 0 Å². The maximum atomic E-state index is 12.2. The average molecular weight is 320 g/mol. The molecule has 2 rings (SSSR count). The highest BCUT2D eigenvalue weighted by Gasteiger charge is 2.31. The van der Waals surface area contributed by atoms with Gasteiger partial charge in [-0.1, -0.05) is 12.1 Å². The zero-order valence-electron chi connectivity index (χ0n) is 14.2. The number of rotatable bonds is 6. The molecule has 1 heterocycles. The quantitative estimate of drug-likeness (QED) is 0.780.